The summed E-state index contributed by atoms with van der Waals surface area (Å²) in [6.07, 6.45) is 12.4. The smallest absolute Gasteiger partial charge is 0.0345 e. The second-order valence-corrected chi connectivity index (χ2v) is 3.04. The first kappa shape index (κ1) is 10.5. The molecule has 0 aromatic heterocycles. The van der Waals surface area contributed by atoms with E-state index < -0.39 is 0 Å². The number of allylic oxidation sites excluding steroid dienone is 4. The Balaban J connectivity index is 3.26. The van der Waals surface area contributed by atoms with Gasteiger partial charge < -0.3 is 0 Å². The van der Waals surface area contributed by atoms with Crippen LogP contribution in [0.3, 0.4) is 0 Å². The summed E-state index contributed by atoms with van der Waals surface area (Å²) >= 11 is 0. The lowest BCUT2D eigenvalue weighted by Gasteiger charge is -2.03. The van der Waals surface area contributed by atoms with Crippen molar-refractivity contribution in [3.63, 3.8) is 0 Å². The molecule has 1 unspecified atom stereocenters. The van der Waals surface area contributed by atoms with Gasteiger partial charge in [0.1, 0.15) is 0 Å². The standard InChI is InChI=1S/C11H20/c1-4-6-7-8-9-10-11(3)5-2/h4,6-8,11H,5,9-10H2,1-3H3. The van der Waals surface area contributed by atoms with E-state index in [0.717, 1.165) is 5.92 Å². The van der Waals surface area contributed by atoms with Crippen LogP contribution in [0.5, 0.6) is 0 Å². The lowest BCUT2D eigenvalue weighted by molar-refractivity contribution is 0.522. The maximum Gasteiger partial charge on any atom is -0.0345 e. The highest BCUT2D eigenvalue weighted by atomic mass is 14.0. The molecule has 0 saturated carbocycles. The van der Waals surface area contributed by atoms with Gasteiger partial charge in [0.15, 0.2) is 0 Å². The third kappa shape index (κ3) is 7.38. The van der Waals surface area contributed by atoms with E-state index in [1.807, 2.05) is 6.92 Å². The van der Waals surface area contributed by atoms with Gasteiger partial charge in [-0.05, 0) is 25.7 Å². The molecule has 0 bridgehead atoms. The van der Waals surface area contributed by atoms with Gasteiger partial charge in [0.25, 0.3) is 0 Å². The minimum absolute atomic E-state index is 0.880. The predicted molar refractivity (Wildman–Crippen MR) is 52.6 cm³/mol. The molecule has 0 aliphatic rings. The Morgan fingerprint density at radius 1 is 1.27 bits per heavy atom. The Kier molecular flexibility index (Phi) is 7.23. The van der Waals surface area contributed by atoms with Gasteiger partial charge in [-0.2, -0.15) is 0 Å². The van der Waals surface area contributed by atoms with Crippen molar-refractivity contribution in [3.8, 4) is 0 Å². The van der Waals surface area contributed by atoms with Gasteiger partial charge in [-0.15, -0.1) is 0 Å². The summed E-state index contributed by atoms with van der Waals surface area (Å²) in [5.74, 6) is 0.880. The Hall–Kier alpha value is -0.520. The maximum absolute atomic E-state index is 2.31. The molecule has 0 radical (unpaired) electrons. The SMILES string of the molecule is CC=CC=CCCC(C)CC. The van der Waals surface area contributed by atoms with Crippen LogP contribution in [0.25, 0.3) is 0 Å². The summed E-state index contributed by atoms with van der Waals surface area (Å²) in [7, 11) is 0. The summed E-state index contributed by atoms with van der Waals surface area (Å²) < 4.78 is 0. The largest absolute Gasteiger partial charge is 0.0877 e. The monoisotopic (exact) mass is 152 g/mol. The molecule has 0 aromatic rings. The Labute approximate surface area is 71.0 Å². The van der Waals surface area contributed by atoms with Crippen LogP contribution < -0.4 is 0 Å². The fourth-order valence-electron chi connectivity index (χ4n) is 0.871. The van der Waals surface area contributed by atoms with E-state index in [9.17, 15) is 0 Å². The minimum atomic E-state index is 0.880. The van der Waals surface area contributed by atoms with E-state index in [1.165, 1.54) is 19.3 Å². The maximum atomic E-state index is 2.31. The molecule has 0 N–H and O–H groups in total. The van der Waals surface area contributed by atoms with Gasteiger partial charge in [0.2, 0.25) is 0 Å². The first-order chi connectivity index (χ1) is 5.31. The van der Waals surface area contributed by atoms with Gasteiger partial charge in [-0.25, -0.2) is 0 Å². The fraction of sp³-hybridized carbons (Fsp3) is 0.636. The van der Waals surface area contributed by atoms with Crippen LogP contribution in [0.2, 0.25) is 0 Å². The van der Waals surface area contributed by atoms with Crippen LogP contribution in [0.4, 0.5) is 0 Å². The number of hydrogen-bond donors (Lipinski definition) is 0. The van der Waals surface area contributed by atoms with Crippen molar-refractivity contribution in [1.29, 1.82) is 0 Å². The summed E-state index contributed by atoms with van der Waals surface area (Å²) in [5.41, 5.74) is 0. The molecule has 0 saturated heterocycles. The second-order valence-electron chi connectivity index (χ2n) is 3.04. The highest BCUT2D eigenvalue weighted by molar-refractivity contribution is 5.00. The topological polar surface area (TPSA) is 0 Å². The molecule has 0 heteroatoms. The lowest BCUT2D eigenvalue weighted by Crippen LogP contribution is -1.89. The van der Waals surface area contributed by atoms with Gasteiger partial charge >= 0.3 is 0 Å². The molecule has 0 fully saturated rings. The Morgan fingerprint density at radius 3 is 2.55 bits per heavy atom. The molecule has 1 atom stereocenters. The summed E-state index contributed by atoms with van der Waals surface area (Å²) in [6.45, 7) is 6.60. The zero-order chi connectivity index (χ0) is 8.53. The summed E-state index contributed by atoms with van der Waals surface area (Å²) in [5, 5.41) is 0. The van der Waals surface area contributed by atoms with E-state index in [0.29, 0.717) is 0 Å². The molecule has 0 heterocycles. The van der Waals surface area contributed by atoms with Gasteiger partial charge in [-0.1, -0.05) is 44.6 Å². The first-order valence-electron chi connectivity index (χ1n) is 4.59. The molecule has 0 aromatic carbocycles. The van der Waals surface area contributed by atoms with Crippen molar-refractivity contribution >= 4 is 0 Å². The Bertz CT molecular complexity index is 120. The molecule has 11 heavy (non-hydrogen) atoms. The van der Waals surface area contributed by atoms with Crippen LogP contribution in [-0.4, -0.2) is 0 Å². The molecule has 0 aliphatic heterocycles. The van der Waals surface area contributed by atoms with Crippen molar-refractivity contribution in [3.05, 3.63) is 24.3 Å². The normalized spacial score (nSPS) is 14.8. The first-order valence-corrected chi connectivity index (χ1v) is 4.59. The average Bonchev–Trinajstić information content (AvgIpc) is 2.04. The molecular formula is C11H20. The molecule has 0 amide bonds. The van der Waals surface area contributed by atoms with Crippen LogP contribution in [0.15, 0.2) is 24.3 Å². The predicted octanol–water partition coefficient (Wildman–Crippen LogP) is 3.95. The molecule has 0 spiro atoms. The third-order valence-electron chi connectivity index (χ3n) is 1.96. The van der Waals surface area contributed by atoms with Crippen LogP contribution in [-0.2, 0) is 0 Å². The number of rotatable bonds is 5. The average molecular weight is 152 g/mol. The van der Waals surface area contributed by atoms with Crippen LogP contribution in [0.1, 0.15) is 40.0 Å². The van der Waals surface area contributed by atoms with E-state index in [4.69, 9.17) is 0 Å². The fourth-order valence-corrected chi connectivity index (χ4v) is 0.871. The summed E-state index contributed by atoms with van der Waals surface area (Å²) in [4.78, 5) is 0. The quantitative estimate of drug-likeness (QED) is 0.523. The van der Waals surface area contributed by atoms with Crippen molar-refractivity contribution in [2.24, 2.45) is 5.92 Å². The van der Waals surface area contributed by atoms with Crippen LogP contribution in [0, 0.1) is 5.92 Å². The lowest BCUT2D eigenvalue weighted by atomic mass is 10.0. The van der Waals surface area contributed by atoms with Gasteiger partial charge in [-0.3, -0.25) is 0 Å². The van der Waals surface area contributed by atoms with Crippen LogP contribution >= 0.6 is 0 Å². The molecule has 0 rings (SSSR count). The van der Waals surface area contributed by atoms with Crippen molar-refractivity contribution in [2.45, 2.75) is 40.0 Å². The molecular weight excluding hydrogens is 132 g/mol. The number of hydrogen-bond acceptors (Lipinski definition) is 0. The van der Waals surface area contributed by atoms with E-state index in [-0.39, 0.29) is 0 Å². The van der Waals surface area contributed by atoms with Crippen molar-refractivity contribution in [1.82, 2.24) is 0 Å². The van der Waals surface area contributed by atoms with Crippen molar-refractivity contribution < 1.29 is 0 Å². The van der Waals surface area contributed by atoms with E-state index >= 15 is 0 Å². The highest BCUT2D eigenvalue weighted by Crippen LogP contribution is 2.09. The Morgan fingerprint density at radius 2 is 2.00 bits per heavy atom. The van der Waals surface area contributed by atoms with Gasteiger partial charge in [0, 0.05) is 0 Å². The zero-order valence-corrected chi connectivity index (χ0v) is 8.01. The molecule has 0 nitrogen and oxygen atoms in total. The molecule has 0 aliphatic carbocycles. The third-order valence-corrected chi connectivity index (χ3v) is 1.96. The van der Waals surface area contributed by atoms with Crippen molar-refractivity contribution in [2.75, 3.05) is 0 Å². The van der Waals surface area contributed by atoms with E-state index in [1.54, 1.807) is 0 Å². The van der Waals surface area contributed by atoms with Gasteiger partial charge in [0.05, 0.1) is 0 Å². The molecule has 64 valence electrons. The zero-order valence-electron chi connectivity index (χ0n) is 8.01. The minimum Gasteiger partial charge on any atom is -0.0877 e. The van der Waals surface area contributed by atoms with E-state index in [2.05, 4.69) is 38.2 Å². The second kappa shape index (κ2) is 7.59. The highest BCUT2D eigenvalue weighted by Gasteiger charge is 1.94. The summed E-state index contributed by atoms with van der Waals surface area (Å²) in [6, 6.07) is 0.